The molecule has 0 radical (unpaired) electrons. The van der Waals surface area contributed by atoms with Gasteiger partial charge in [-0.25, -0.2) is 4.98 Å². The molecule has 21 heavy (non-hydrogen) atoms. The van der Waals surface area contributed by atoms with E-state index < -0.39 is 0 Å². The van der Waals surface area contributed by atoms with Crippen LogP contribution in [0.4, 0.5) is 11.5 Å². The van der Waals surface area contributed by atoms with E-state index in [1.807, 2.05) is 61.5 Å². The van der Waals surface area contributed by atoms with Gasteiger partial charge in [-0.1, -0.05) is 36.4 Å². The number of ether oxygens (including phenoxy) is 1. The zero-order valence-electron chi connectivity index (χ0n) is 11.9. The lowest BCUT2D eigenvalue weighted by Crippen LogP contribution is -2.14. The summed E-state index contributed by atoms with van der Waals surface area (Å²) >= 11 is 0. The molecule has 0 unspecified atom stereocenters. The summed E-state index contributed by atoms with van der Waals surface area (Å²) < 4.78 is 5.91. The molecule has 5 nitrogen and oxygen atoms in total. The van der Waals surface area contributed by atoms with Gasteiger partial charge in [-0.3, -0.25) is 0 Å². The Morgan fingerprint density at radius 3 is 2.57 bits per heavy atom. The van der Waals surface area contributed by atoms with E-state index in [0.717, 1.165) is 16.5 Å². The third-order valence-corrected chi connectivity index (χ3v) is 3.21. The zero-order chi connectivity index (χ0) is 14.8. The van der Waals surface area contributed by atoms with Crippen molar-refractivity contribution >= 4 is 22.3 Å². The Morgan fingerprint density at radius 1 is 1.00 bits per heavy atom. The van der Waals surface area contributed by atoms with Crippen LogP contribution in [0.5, 0.6) is 11.6 Å². The van der Waals surface area contributed by atoms with Crippen molar-refractivity contribution < 1.29 is 4.74 Å². The number of rotatable bonds is 3. The summed E-state index contributed by atoms with van der Waals surface area (Å²) in [6.45, 7) is 0. The van der Waals surface area contributed by atoms with Crippen molar-refractivity contribution in [3.05, 3.63) is 48.8 Å². The van der Waals surface area contributed by atoms with Crippen LogP contribution in [0, 0.1) is 0 Å². The number of benzene rings is 2. The fraction of sp³-hybridized carbons (Fsp3) is 0.125. The lowest BCUT2D eigenvalue weighted by Gasteiger charge is -2.16. The van der Waals surface area contributed by atoms with Gasteiger partial charge in [0.2, 0.25) is 5.88 Å². The first-order chi connectivity index (χ1) is 10.2. The second kappa shape index (κ2) is 5.28. The molecule has 106 valence electrons. The first-order valence-electron chi connectivity index (χ1n) is 6.60. The van der Waals surface area contributed by atoms with Gasteiger partial charge in [-0.2, -0.15) is 4.98 Å². The van der Waals surface area contributed by atoms with E-state index in [-0.39, 0.29) is 0 Å². The van der Waals surface area contributed by atoms with Gasteiger partial charge in [0.15, 0.2) is 5.82 Å². The van der Waals surface area contributed by atoms with Gasteiger partial charge >= 0.3 is 0 Å². The third-order valence-electron chi connectivity index (χ3n) is 3.21. The highest BCUT2D eigenvalue weighted by atomic mass is 16.5. The maximum atomic E-state index is 6.08. The van der Waals surface area contributed by atoms with Gasteiger partial charge in [0.25, 0.3) is 0 Å². The molecule has 1 heterocycles. The molecule has 0 saturated carbocycles. The summed E-state index contributed by atoms with van der Waals surface area (Å²) in [4.78, 5) is 10.1. The summed E-state index contributed by atoms with van der Waals surface area (Å²) in [7, 11) is 3.75. The van der Waals surface area contributed by atoms with Crippen LogP contribution in [0.25, 0.3) is 10.8 Å². The largest absolute Gasteiger partial charge is 0.436 e. The molecule has 0 saturated heterocycles. The number of anilines is 2. The minimum Gasteiger partial charge on any atom is -0.436 e. The molecular weight excluding hydrogens is 264 g/mol. The summed E-state index contributed by atoms with van der Waals surface area (Å²) in [6, 6.07) is 13.9. The Bertz CT molecular complexity index is 781. The normalized spacial score (nSPS) is 10.6. The molecule has 0 atom stereocenters. The number of nitrogens with two attached hydrogens (primary N) is 1. The van der Waals surface area contributed by atoms with Crippen molar-refractivity contribution in [1.82, 2.24) is 9.97 Å². The minimum atomic E-state index is 0.366. The number of aromatic nitrogens is 2. The van der Waals surface area contributed by atoms with Crippen LogP contribution < -0.4 is 15.4 Å². The Morgan fingerprint density at radius 2 is 1.76 bits per heavy atom. The highest BCUT2D eigenvalue weighted by Gasteiger charge is 2.12. The van der Waals surface area contributed by atoms with Crippen LogP contribution in [0.15, 0.2) is 48.8 Å². The molecule has 3 aromatic rings. The Balaban J connectivity index is 2.05. The quantitative estimate of drug-likeness (QED) is 0.798. The van der Waals surface area contributed by atoms with Gasteiger partial charge in [-0.05, 0) is 11.5 Å². The molecule has 0 aliphatic heterocycles. The van der Waals surface area contributed by atoms with Crippen LogP contribution in [0.1, 0.15) is 0 Å². The van der Waals surface area contributed by atoms with Gasteiger partial charge < -0.3 is 15.4 Å². The SMILES string of the molecule is CN(C)c1ncnc(Oc2cccc3ccccc23)c1N. The van der Waals surface area contributed by atoms with Crippen molar-refractivity contribution in [1.29, 1.82) is 0 Å². The molecular formula is C16H16N4O. The van der Waals surface area contributed by atoms with Gasteiger partial charge in [0.1, 0.15) is 17.8 Å². The van der Waals surface area contributed by atoms with Crippen molar-refractivity contribution in [2.45, 2.75) is 0 Å². The second-order valence-electron chi connectivity index (χ2n) is 4.89. The Kier molecular flexibility index (Phi) is 3.31. The van der Waals surface area contributed by atoms with Crippen molar-refractivity contribution in [2.24, 2.45) is 0 Å². The summed E-state index contributed by atoms with van der Waals surface area (Å²) in [5, 5.41) is 2.12. The zero-order valence-corrected chi connectivity index (χ0v) is 11.9. The minimum absolute atomic E-state index is 0.366. The van der Waals surface area contributed by atoms with E-state index >= 15 is 0 Å². The molecule has 0 bridgehead atoms. The molecule has 1 aromatic heterocycles. The van der Waals surface area contributed by atoms with Gasteiger partial charge in [-0.15, -0.1) is 0 Å². The maximum Gasteiger partial charge on any atom is 0.248 e. The molecule has 0 aliphatic carbocycles. The van der Waals surface area contributed by atoms with Crippen LogP contribution >= 0.6 is 0 Å². The Labute approximate surface area is 123 Å². The van der Waals surface area contributed by atoms with E-state index in [9.17, 15) is 0 Å². The molecule has 3 rings (SSSR count). The first-order valence-corrected chi connectivity index (χ1v) is 6.60. The van der Waals surface area contributed by atoms with E-state index in [0.29, 0.717) is 17.4 Å². The van der Waals surface area contributed by atoms with Crippen molar-refractivity contribution in [2.75, 3.05) is 24.7 Å². The van der Waals surface area contributed by atoms with Gasteiger partial charge in [0, 0.05) is 19.5 Å². The lowest BCUT2D eigenvalue weighted by molar-refractivity contribution is 0.469. The number of nitrogens with zero attached hydrogens (tertiary/aromatic N) is 3. The molecule has 0 spiro atoms. The van der Waals surface area contributed by atoms with Crippen molar-refractivity contribution in [3.8, 4) is 11.6 Å². The third kappa shape index (κ3) is 2.45. The van der Waals surface area contributed by atoms with Gasteiger partial charge in [0.05, 0.1) is 0 Å². The van der Waals surface area contributed by atoms with Crippen molar-refractivity contribution in [3.63, 3.8) is 0 Å². The standard InChI is InChI=1S/C16H16N4O/c1-20(2)15-14(17)16(19-10-18-15)21-13-9-5-7-11-6-3-4-8-12(11)13/h3-10H,17H2,1-2H3. The highest BCUT2D eigenvalue weighted by molar-refractivity contribution is 5.88. The Hall–Kier alpha value is -2.82. The smallest absolute Gasteiger partial charge is 0.248 e. The summed E-state index contributed by atoms with van der Waals surface area (Å²) in [5.41, 5.74) is 6.51. The number of fused-ring (bicyclic) bond motifs is 1. The fourth-order valence-electron chi connectivity index (χ4n) is 2.20. The first kappa shape index (κ1) is 13.2. The summed E-state index contributed by atoms with van der Waals surface area (Å²) in [5.74, 6) is 1.73. The predicted molar refractivity (Wildman–Crippen MR) is 84.8 cm³/mol. The average Bonchev–Trinajstić information content (AvgIpc) is 2.49. The lowest BCUT2D eigenvalue weighted by atomic mass is 10.1. The number of hydrogen-bond acceptors (Lipinski definition) is 5. The molecule has 0 aliphatic rings. The summed E-state index contributed by atoms with van der Waals surface area (Å²) in [6.07, 6.45) is 1.45. The van der Waals surface area contributed by atoms with E-state index in [2.05, 4.69) is 9.97 Å². The molecule has 2 aromatic carbocycles. The van der Waals surface area contributed by atoms with E-state index in [1.54, 1.807) is 0 Å². The molecule has 5 heteroatoms. The van der Waals surface area contributed by atoms with Crippen LogP contribution in [-0.4, -0.2) is 24.1 Å². The average molecular weight is 280 g/mol. The fourth-order valence-corrected chi connectivity index (χ4v) is 2.20. The van der Waals surface area contributed by atoms with Crippen LogP contribution in [-0.2, 0) is 0 Å². The number of hydrogen-bond donors (Lipinski definition) is 1. The predicted octanol–water partition coefficient (Wildman–Crippen LogP) is 3.07. The second-order valence-corrected chi connectivity index (χ2v) is 4.89. The van der Waals surface area contributed by atoms with Crippen LogP contribution in [0.2, 0.25) is 0 Å². The topological polar surface area (TPSA) is 64.3 Å². The molecule has 0 amide bonds. The van der Waals surface area contributed by atoms with E-state index in [1.165, 1.54) is 6.33 Å². The monoisotopic (exact) mass is 280 g/mol. The van der Waals surface area contributed by atoms with Crippen LogP contribution in [0.3, 0.4) is 0 Å². The highest BCUT2D eigenvalue weighted by Crippen LogP contribution is 2.33. The molecule has 2 N–H and O–H groups in total. The number of nitrogen functional groups attached to an aromatic ring is 1. The molecule has 0 fully saturated rings. The van der Waals surface area contributed by atoms with E-state index in [4.69, 9.17) is 10.5 Å². The maximum absolute atomic E-state index is 6.08.